The first-order valence-electron chi connectivity index (χ1n) is 5.70. The van der Waals surface area contributed by atoms with E-state index in [9.17, 15) is 0 Å². The Labute approximate surface area is 91.7 Å². The van der Waals surface area contributed by atoms with Crippen molar-refractivity contribution in [1.29, 1.82) is 0 Å². The number of rotatable bonds is 1. The highest BCUT2D eigenvalue weighted by Gasteiger charge is 2.37. The zero-order valence-electron chi connectivity index (χ0n) is 10.2. The SMILES string of the molecule is Cc1c2c(nn1C)CCC(C)(C)C2CN. The van der Waals surface area contributed by atoms with Crippen LogP contribution in [-0.4, -0.2) is 16.3 Å². The molecule has 0 saturated carbocycles. The van der Waals surface area contributed by atoms with Crippen molar-refractivity contribution in [2.75, 3.05) is 6.54 Å². The summed E-state index contributed by atoms with van der Waals surface area (Å²) in [5.74, 6) is 0.468. The number of hydrogen-bond acceptors (Lipinski definition) is 2. The molecule has 1 aromatic rings. The van der Waals surface area contributed by atoms with Gasteiger partial charge in [-0.2, -0.15) is 5.10 Å². The van der Waals surface area contributed by atoms with E-state index >= 15 is 0 Å². The minimum absolute atomic E-state index is 0.315. The Morgan fingerprint density at radius 2 is 2.20 bits per heavy atom. The molecule has 15 heavy (non-hydrogen) atoms. The molecular weight excluding hydrogens is 186 g/mol. The average Bonchev–Trinajstić information content (AvgIpc) is 2.44. The minimum atomic E-state index is 0.315. The molecule has 0 radical (unpaired) electrons. The Bertz CT molecular complexity index is 376. The van der Waals surface area contributed by atoms with Crippen molar-refractivity contribution in [3.8, 4) is 0 Å². The Kier molecular flexibility index (Phi) is 2.38. The molecule has 0 aliphatic heterocycles. The van der Waals surface area contributed by atoms with Crippen molar-refractivity contribution in [2.45, 2.75) is 39.5 Å². The van der Waals surface area contributed by atoms with E-state index in [1.165, 1.54) is 23.4 Å². The molecule has 2 N–H and O–H groups in total. The quantitative estimate of drug-likeness (QED) is 0.762. The van der Waals surface area contributed by atoms with Gasteiger partial charge in [0, 0.05) is 24.2 Å². The summed E-state index contributed by atoms with van der Waals surface area (Å²) in [4.78, 5) is 0. The molecule has 84 valence electrons. The first-order chi connectivity index (χ1) is 6.97. The summed E-state index contributed by atoms with van der Waals surface area (Å²) < 4.78 is 1.99. The summed E-state index contributed by atoms with van der Waals surface area (Å²) in [7, 11) is 2.02. The second-order valence-electron chi connectivity index (χ2n) is 5.35. The summed E-state index contributed by atoms with van der Waals surface area (Å²) >= 11 is 0. The van der Waals surface area contributed by atoms with E-state index in [0.717, 1.165) is 13.0 Å². The van der Waals surface area contributed by atoms with Gasteiger partial charge in [0.2, 0.25) is 0 Å². The minimum Gasteiger partial charge on any atom is -0.330 e. The maximum Gasteiger partial charge on any atom is 0.0663 e. The summed E-state index contributed by atoms with van der Waals surface area (Å²) in [6.07, 6.45) is 2.29. The van der Waals surface area contributed by atoms with Crippen LogP contribution in [0.3, 0.4) is 0 Å². The zero-order valence-corrected chi connectivity index (χ0v) is 10.2. The van der Waals surface area contributed by atoms with Gasteiger partial charge in [0.05, 0.1) is 5.69 Å². The molecule has 0 spiro atoms. The molecule has 1 aliphatic rings. The lowest BCUT2D eigenvalue weighted by Gasteiger charge is -2.37. The van der Waals surface area contributed by atoms with Gasteiger partial charge in [-0.15, -0.1) is 0 Å². The summed E-state index contributed by atoms with van der Waals surface area (Å²) in [5.41, 5.74) is 10.2. The van der Waals surface area contributed by atoms with Crippen molar-refractivity contribution < 1.29 is 0 Å². The van der Waals surface area contributed by atoms with Gasteiger partial charge in [0.25, 0.3) is 0 Å². The molecule has 1 atom stereocenters. The molecule has 0 aromatic carbocycles. The largest absolute Gasteiger partial charge is 0.330 e. The molecule has 0 fully saturated rings. The van der Waals surface area contributed by atoms with E-state index in [-0.39, 0.29) is 0 Å². The predicted molar refractivity (Wildman–Crippen MR) is 61.8 cm³/mol. The van der Waals surface area contributed by atoms with Gasteiger partial charge in [-0.25, -0.2) is 0 Å². The smallest absolute Gasteiger partial charge is 0.0663 e. The van der Waals surface area contributed by atoms with Crippen LogP contribution in [0.5, 0.6) is 0 Å². The van der Waals surface area contributed by atoms with E-state index in [4.69, 9.17) is 5.73 Å². The van der Waals surface area contributed by atoms with Crippen LogP contribution < -0.4 is 5.73 Å². The molecule has 0 saturated heterocycles. The van der Waals surface area contributed by atoms with Gasteiger partial charge in [0.15, 0.2) is 0 Å². The van der Waals surface area contributed by atoms with Crippen molar-refractivity contribution in [3.63, 3.8) is 0 Å². The third-order valence-electron chi connectivity index (χ3n) is 3.99. The van der Waals surface area contributed by atoms with Crippen LogP contribution in [0.1, 0.15) is 43.1 Å². The number of fused-ring (bicyclic) bond motifs is 1. The topological polar surface area (TPSA) is 43.8 Å². The normalized spacial score (nSPS) is 23.9. The molecular formula is C12H21N3. The first kappa shape index (κ1) is 10.7. The van der Waals surface area contributed by atoms with Gasteiger partial charge >= 0.3 is 0 Å². The standard InChI is InChI=1S/C12H21N3/c1-8-11-9(7-13)12(2,3)6-5-10(11)14-15(8)4/h9H,5-7,13H2,1-4H3. The Balaban J connectivity index is 2.54. The Morgan fingerprint density at radius 1 is 1.53 bits per heavy atom. The average molecular weight is 207 g/mol. The Hall–Kier alpha value is -0.830. The molecule has 1 heterocycles. The van der Waals surface area contributed by atoms with Gasteiger partial charge in [0.1, 0.15) is 0 Å². The van der Waals surface area contributed by atoms with Crippen LogP contribution in [0, 0.1) is 12.3 Å². The number of nitrogens with two attached hydrogens (primary N) is 1. The van der Waals surface area contributed by atoms with Crippen molar-refractivity contribution >= 4 is 0 Å². The van der Waals surface area contributed by atoms with Gasteiger partial charge in [-0.3, -0.25) is 4.68 Å². The van der Waals surface area contributed by atoms with Crippen LogP contribution in [0.2, 0.25) is 0 Å². The summed E-state index contributed by atoms with van der Waals surface area (Å²) in [5, 5.41) is 4.58. The fourth-order valence-electron chi connectivity index (χ4n) is 2.77. The number of aromatic nitrogens is 2. The summed E-state index contributed by atoms with van der Waals surface area (Å²) in [6.45, 7) is 7.52. The van der Waals surface area contributed by atoms with Crippen LogP contribution in [0.25, 0.3) is 0 Å². The molecule has 3 nitrogen and oxygen atoms in total. The first-order valence-corrected chi connectivity index (χ1v) is 5.70. The molecule has 0 amide bonds. The fraction of sp³-hybridized carbons (Fsp3) is 0.750. The summed E-state index contributed by atoms with van der Waals surface area (Å²) in [6, 6.07) is 0. The molecule has 1 unspecified atom stereocenters. The van der Waals surface area contributed by atoms with Crippen molar-refractivity contribution in [3.05, 3.63) is 17.0 Å². The highest BCUT2D eigenvalue weighted by Crippen LogP contribution is 2.45. The monoisotopic (exact) mass is 207 g/mol. The van der Waals surface area contributed by atoms with Crippen LogP contribution in [-0.2, 0) is 13.5 Å². The molecule has 2 rings (SSSR count). The third kappa shape index (κ3) is 1.49. The third-order valence-corrected chi connectivity index (χ3v) is 3.99. The van der Waals surface area contributed by atoms with Crippen molar-refractivity contribution in [2.24, 2.45) is 18.2 Å². The second kappa shape index (κ2) is 3.34. The van der Waals surface area contributed by atoms with Crippen LogP contribution in [0.15, 0.2) is 0 Å². The van der Waals surface area contributed by atoms with E-state index < -0.39 is 0 Å². The lowest BCUT2D eigenvalue weighted by Crippen LogP contribution is -2.33. The molecule has 1 aromatic heterocycles. The van der Waals surface area contributed by atoms with Gasteiger partial charge < -0.3 is 5.73 Å². The number of aryl methyl sites for hydroxylation is 2. The highest BCUT2D eigenvalue weighted by molar-refractivity contribution is 5.34. The van der Waals surface area contributed by atoms with E-state index in [1.54, 1.807) is 0 Å². The van der Waals surface area contributed by atoms with Crippen LogP contribution in [0.4, 0.5) is 0 Å². The maximum atomic E-state index is 5.93. The van der Waals surface area contributed by atoms with E-state index in [2.05, 4.69) is 25.9 Å². The number of hydrogen-bond donors (Lipinski definition) is 1. The molecule has 1 aliphatic carbocycles. The molecule has 0 bridgehead atoms. The lowest BCUT2D eigenvalue weighted by atomic mass is 9.67. The molecule has 3 heteroatoms. The van der Waals surface area contributed by atoms with Crippen LogP contribution >= 0.6 is 0 Å². The predicted octanol–water partition coefficient (Wildman–Crippen LogP) is 1.74. The van der Waals surface area contributed by atoms with Gasteiger partial charge in [-0.1, -0.05) is 13.8 Å². The second-order valence-corrected chi connectivity index (χ2v) is 5.35. The van der Waals surface area contributed by atoms with Gasteiger partial charge in [-0.05, 0) is 31.7 Å². The highest BCUT2D eigenvalue weighted by atomic mass is 15.3. The number of nitrogens with zero attached hydrogens (tertiary/aromatic N) is 2. The maximum absolute atomic E-state index is 5.93. The van der Waals surface area contributed by atoms with Crippen molar-refractivity contribution in [1.82, 2.24) is 9.78 Å². The zero-order chi connectivity index (χ0) is 11.2. The van der Waals surface area contributed by atoms with E-state index in [0.29, 0.717) is 11.3 Å². The Morgan fingerprint density at radius 3 is 2.80 bits per heavy atom. The lowest BCUT2D eigenvalue weighted by molar-refractivity contribution is 0.247. The van der Waals surface area contributed by atoms with E-state index in [1.807, 2.05) is 11.7 Å². The fourth-order valence-corrected chi connectivity index (χ4v) is 2.77.